The second-order valence-electron chi connectivity index (χ2n) is 3.94. The van der Waals surface area contributed by atoms with Crippen molar-refractivity contribution in [3.8, 4) is 6.07 Å². The van der Waals surface area contributed by atoms with Crippen molar-refractivity contribution >= 4 is 11.9 Å². The lowest BCUT2D eigenvalue weighted by Crippen LogP contribution is -2.49. The number of piperidine rings is 1. The standard InChI is InChI=1S/C11H17N3O3/c1-17-11(16)9-4-2-3-7-14(9)8-10(15)13-6-5-12/h9H,2-4,6-8H2,1H3,(H,13,15)/t9-/m1/s1. The van der Waals surface area contributed by atoms with Crippen molar-refractivity contribution in [2.24, 2.45) is 0 Å². The van der Waals surface area contributed by atoms with Crippen molar-refractivity contribution in [1.29, 1.82) is 5.26 Å². The van der Waals surface area contributed by atoms with Crippen LogP contribution in [0.15, 0.2) is 0 Å². The Morgan fingerprint density at radius 3 is 2.94 bits per heavy atom. The minimum Gasteiger partial charge on any atom is -0.468 e. The molecule has 1 N–H and O–H groups in total. The zero-order chi connectivity index (χ0) is 12.7. The van der Waals surface area contributed by atoms with E-state index < -0.39 is 0 Å². The van der Waals surface area contributed by atoms with Crippen LogP contribution in [0.1, 0.15) is 19.3 Å². The van der Waals surface area contributed by atoms with Crippen molar-refractivity contribution in [2.45, 2.75) is 25.3 Å². The fraction of sp³-hybridized carbons (Fsp3) is 0.727. The van der Waals surface area contributed by atoms with Gasteiger partial charge < -0.3 is 10.1 Å². The van der Waals surface area contributed by atoms with Crippen LogP contribution in [0.3, 0.4) is 0 Å². The van der Waals surface area contributed by atoms with Crippen molar-refractivity contribution < 1.29 is 14.3 Å². The average Bonchev–Trinajstić information content (AvgIpc) is 2.36. The van der Waals surface area contributed by atoms with Crippen LogP contribution in [0.4, 0.5) is 0 Å². The first kappa shape index (κ1) is 13.5. The highest BCUT2D eigenvalue weighted by Gasteiger charge is 2.30. The number of hydrogen-bond donors (Lipinski definition) is 1. The van der Waals surface area contributed by atoms with E-state index in [1.165, 1.54) is 7.11 Å². The van der Waals surface area contributed by atoms with E-state index in [0.29, 0.717) is 6.54 Å². The van der Waals surface area contributed by atoms with Crippen LogP contribution in [0.2, 0.25) is 0 Å². The van der Waals surface area contributed by atoms with Crippen molar-refractivity contribution in [3.05, 3.63) is 0 Å². The predicted octanol–water partition coefficient (Wildman–Crippen LogP) is -0.346. The third kappa shape index (κ3) is 4.04. The zero-order valence-electron chi connectivity index (χ0n) is 9.94. The number of nitrogens with one attached hydrogen (secondary N) is 1. The summed E-state index contributed by atoms with van der Waals surface area (Å²) in [7, 11) is 1.35. The molecule has 0 unspecified atom stereocenters. The third-order valence-corrected chi connectivity index (χ3v) is 2.80. The molecule has 6 nitrogen and oxygen atoms in total. The van der Waals surface area contributed by atoms with Gasteiger partial charge in [-0.25, -0.2) is 0 Å². The number of ether oxygens (including phenoxy) is 1. The molecule has 0 bridgehead atoms. The Morgan fingerprint density at radius 1 is 1.53 bits per heavy atom. The van der Waals surface area contributed by atoms with Gasteiger partial charge in [0.15, 0.2) is 0 Å². The van der Waals surface area contributed by atoms with Gasteiger partial charge >= 0.3 is 5.97 Å². The number of nitriles is 1. The predicted molar refractivity (Wildman–Crippen MR) is 59.9 cm³/mol. The molecule has 1 aliphatic heterocycles. The fourth-order valence-corrected chi connectivity index (χ4v) is 1.96. The van der Waals surface area contributed by atoms with Crippen molar-refractivity contribution in [2.75, 3.05) is 26.7 Å². The number of carbonyl (C=O) groups excluding carboxylic acids is 2. The maximum absolute atomic E-state index is 11.5. The molecule has 1 heterocycles. The molecule has 0 radical (unpaired) electrons. The molecule has 1 fully saturated rings. The molecule has 1 saturated heterocycles. The highest BCUT2D eigenvalue weighted by atomic mass is 16.5. The molecule has 1 aliphatic rings. The van der Waals surface area contributed by atoms with Gasteiger partial charge in [-0.1, -0.05) is 6.42 Å². The van der Waals surface area contributed by atoms with Crippen LogP contribution in [0.25, 0.3) is 0 Å². The van der Waals surface area contributed by atoms with Crippen LogP contribution < -0.4 is 5.32 Å². The van der Waals surface area contributed by atoms with E-state index in [9.17, 15) is 9.59 Å². The number of likely N-dealkylation sites (tertiary alicyclic amines) is 1. The molecule has 0 saturated carbocycles. The Morgan fingerprint density at radius 2 is 2.29 bits per heavy atom. The average molecular weight is 239 g/mol. The number of methoxy groups -OCH3 is 1. The molecule has 6 heteroatoms. The van der Waals surface area contributed by atoms with Gasteiger partial charge in [-0.2, -0.15) is 5.26 Å². The molecule has 1 amide bonds. The summed E-state index contributed by atoms with van der Waals surface area (Å²) >= 11 is 0. The zero-order valence-corrected chi connectivity index (χ0v) is 9.94. The molecule has 17 heavy (non-hydrogen) atoms. The summed E-state index contributed by atoms with van der Waals surface area (Å²) in [6, 6.07) is 1.51. The van der Waals surface area contributed by atoms with Crippen LogP contribution >= 0.6 is 0 Å². The Bertz CT molecular complexity index is 324. The first-order valence-electron chi connectivity index (χ1n) is 5.64. The first-order valence-corrected chi connectivity index (χ1v) is 5.64. The van der Waals surface area contributed by atoms with Gasteiger partial charge in [-0.15, -0.1) is 0 Å². The molecule has 0 aliphatic carbocycles. The summed E-state index contributed by atoms with van der Waals surface area (Å²) < 4.78 is 4.72. The van der Waals surface area contributed by atoms with Crippen LogP contribution in [-0.4, -0.2) is 49.6 Å². The minimum absolute atomic E-state index is 0.00440. The first-order chi connectivity index (χ1) is 8.19. The number of carbonyl (C=O) groups is 2. The summed E-state index contributed by atoms with van der Waals surface area (Å²) in [6.07, 6.45) is 2.66. The number of hydrogen-bond acceptors (Lipinski definition) is 5. The molecule has 0 aromatic rings. The Hall–Kier alpha value is -1.61. The fourth-order valence-electron chi connectivity index (χ4n) is 1.96. The SMILES string of the molecule is COC(=O)[C@H]1CCCCN1CC(=O)NCC#N. The Balaban J connectivity index is 2.51. The van der Waals surface area contributed by atoms with E-state index in [1.54, 1.807) is 0 Å². The van der Waals surface area contributed by atoms with E-state index in [0.717, 1.165) is 19.3 Å². The van der Waals surface area contributed by atoms with E-state index >= 15 is 0 Å². The Labute approximate surface area is 101 Å². The summed E-state index contributed by atoms with van der Waals surface area (Å²) in [5, 5.41) is 10.8. The minimum atomic E-state index is -0.332. The second-order valence-corrected chi connectivity index (χ2v) is 3.94. The van der Waals surface area contributed by atoms with Crippen LogP contribution in [0, 0.1) is 11.3 Å². The number of nitrogens with zero attached hydrogens (tertiary/aromatic N) is 2. The molecular formula is C11H17N3O3. The monoisotopic (exact) mass is 239 g/mol. The molecule has 0 spiro atoms. The van der Waals surface area contributed by atoms with Crippen molar-refractivity contribution in [1.82, 2.24) is 10.2 Å². The van der Waals surface area contributed by atoms with Crippen LogP contribution in [-0.2, 0) is 14.3 Å². The lowest BCUT2D eigenvalue weighted by molar-refractivity contribution is -0.148. The van der Waals surface area contributed by atoms with Gasteiger partial charge in [0.25, 0.3) is 0 Å². The lowest BCUT2D eigenvalue weighted by atomic mass is 10.0. The highest BCUT2D eigenvalue weighted by Crippen LogP contribution is 2.17. The summed E-state index contributed by atoms with van der Waals surface area (Å²) in [4.78, 5) is 24.8. The molecule has 1 rings (SSSR count). The Kier molecular flexibility index (Phi) is 5.43. The quantitative estimate of drug-likeness (QED) is 0.536. The topological polar surface area (TPSA) is 82.4 Å². The highest BCUT2D eigenvalue weighted by molar-refractivity contribution is 5.80. The maximum atomic E-state index is 11.5. The van der Waals surface area contributed by atoms with Gasteiger partial charge in [0, 0.05) is 0 Å². The van der Waals surface area contributed by atoms with Crippen LogP contribution in [0.5, 0.6) is 0 Å². The molecule has 1 atom stereocenters. The number of amides is 1. The van der Waals surface area contributed by atoms with Gasteiger partial charge in [-0.3, -0.25) is 14.5 Å². The van der Waals surface area contributed by atoms with E-state index in [1.807, 2.05) is 11.0 Å². The third-order valence-electron chi connectivity index (χ3n) is 2.80. The summed E-state index contributed by atoms with van der Waals surface area (Å²) in [5.41, 5.74) is 0. The maximum Gasteiger partial charge on any atom is 0.323 e. The summed E-state index contributed by atoms with van der Waals surface area (Å²) in [6.45, 7) is 0.844. The lowest BCUT2D eigenvalue weighted by Gasteiger charge is -2.32. The molecule has 0 aromatic carbocycles. The van der Waals surface area contributed by atoms with Gasteiger partial charge in [0.1, 0.15) is 12.6 Å². The smallest absolute Gasteiger partial charge is 0.323 e. The molecular weight excluding hydrogens is 222 g/mol. The largest absolute Gasteiger partial charge is 0.468 e. The summed E-state index contributed by atoms with van der Waals surface area (Å²) in [5.74, 6) is -0.528. The molecule has 94 valence electrons. The number of esters is 1. The van der Waals surface area contributed by atoms with Gasteiger partial charge in [-0.05, 0) is 19.4 Å². The normalized spacial score (nSPS) is 20.4. The molecule has 0 aromatic heterocycles. The van der Waals surface area contributed by atoms with E-state index in [2.05, 4.69) is 5.32 Å². The second kappa shape index (κ2) is 6.86. The van der Waals surface area contributed by atoms with Gasteiger partial charge in [0.05, 0.1) is 19.7 Å². The van der Waals surface area contributed by atoms with Crippen molar-refractivity contribution in [3.63, 3.8) is 0 Å². The van der Waals surface area contributed by atoms with Gasteiger partial charge in [0.2, 0.25) is 5.91 Å². The van der Waals surface area contributed by atoms with E-state index in [4.69, 9.17) is 10.00 Å². The van der Waals surface area contributed by atoms with E-state index in [-0.39, 0.29) is 31.0 Å². The number of rotatable bonds is 4.